The number of hydrogen-bond acceptors (Lipinski definition) is 5. The van der Waals surface area contributed by atoms with Crippen molar-refractivity contribution < 1.29 is 23.1 Å². The topological polar surface area (TPSA) is 76.8 Å². The third-order valence-corrected chi connectivity index (χ3v) is 5.93. The fourth-order valence-electron chi connectivity index (χ4n) is 4.05. The highest BCUT2D eigenvalue weighted by atomic mass is 19.1. The van der Waals surface area contributed by atoms with Gasteiger partial charge in [0, 0.05) is 36.2 Å². The maximum absolute atomic E-state index is 13.1. The summed E-state index contributed by atoms with van der Waals surface area (Å²) in [5.41, 5.74) is 2.02. The average molecular weight is 437 g/mol. The van der Waals surface area contributed by atoms with Crippen molar-refractivity contribution in [3.8, 4) is 5.75 Å². The molecule has 0 bridgehead atoms. The zero-order valence-corrected chi connectivity index (χ0v) is 18.0. The van der Waals surface area contributed by atoms with Crippen LogP contribution in [0, 0.1) is 18.7 Å². The normalized spacial score (nSPS) is 14.5. The molecule has 7 heteroatoms. The van der Waals surface area contributed by atoms with Crippen LogP contribution in [-0.4, -0.2) is 29.9 Å². The number of benzene rings is 2. The van der Waals surface area contributed by atoms with E-state index in [2.05, 4.69) is 0 Å². The Morgan fingerprint density at radius 2 is 1.81 bits per heavy atom. The van der Waals surface area contributed by atoms with Crippen LogP contribution in [0.15, 0.2) is 51.7 Å². The molecule has 166 valence electrons. The van der Waals surface area contributed by atoms with Gasteiger partial charge >= 0.3 is 11.6 Å². The molecule has 1 saturated heterocycles. The molecule has 2 heterocycles. The molecule has 0 spiro atoms. The number of piperidine rings is 1. The van der Waals surface area contributed by atoms with Crippen molar-refractivity contribution in [2.24, 2.45) is 5.92 Å². The Labute approximate surface area is 184 Å². The van der Waals surface area contributed by atoms with Crippen LogP contribution in [0.5, 0.6) is 5.75 Å². The predicted octanol–water partition coefficient (Wildman–Crippen LogP) is 4.26. The van der Waals surface area contributed by atoms with Crippen molar-refractivity contribution in [1.82, 2.24) is 4.90 Å². The fraction of sp³-hybridized carbons (Fsp3) is 0.320. The molecule has 0 aliphatic carbocycles. The highest BCUT2D eigenvalue weighted by molar-refractivity contribution is 5.94. The quantitative estimate of drug-likeness (QED) is 0.346. The van der Waals surface area contributed by atoms with E-state index >= 15 is 0 Å². The second-order valence-corrected chi connectivity index (χ2v) is 8.05. The van der Waals surface area contributed by atoms with Gasteiger partial charge in [-0.2, -0.15) is 0 Å². The molecule has 32 heavy (non-hydrogen) atoms. The van der Waals surface area contributed by atoms with E-state index in [1.54, 1.807) is 11.0 Å². The van der Waals surface area contributed by atoms with Gasteiger partial charge in [-0.15, -0.1) is 0 Å². The number of esters is 1. The molecule has 0 unspecified atom stereocenters. The molecule has 0 saturated carbocycles. The van der Waals surface area contributed by atoms with Crippen molar-refractivity contribution in [3.05, 3.63) is 75.4 Å². The minimum absolute atomic E-state index is 0.176. The van der Waals surface area contributed by atoms with Gasteiger partial charge < -0.3 is 14.1 Å². The molecular formula is C25H24FNO5. The van der Waals surface area contributed by atoms with Gasteiger partial charge in [0.15, 0.2) is 0 Å². The monoisotopic (exact) mass is 437 g/mol. The second kappa shape index (κ2) is 8.94. The van der Waals surface area contributed by atoms with Gasteiger partial charge in [0.25, 0.3) is 5.91 Å². The molecule has 1 amide bonds. The predicted molar refractivity (Wildman–Crippen MR) is 117 cm³/mol. The van der Waals surface area contributed by atoms with Crippen LogP contribution in [0.1, 0.15) is 41.3 Å². The number of carbonyl (C=O) groups excluding carboxylic acids is 2. The maximum atomic E-state index is 13.1. The van der Waals surface area contributed by atoms with Gasteiger partial charge in [0.2, 0.25) is 0 Å². The largest absolute Gasteiger partial charge is 0.426 e. The molecule has 4 rings (SSSR count). The number of fused-ring (bicyclic) bond motifs is 1. The third kappa shape index (κ3) is 4.42. The van der Waals surface area contributed by atoms with Crippen molar-refractivity contribution in [3.63, 3.8) is 0 Å². The van der Waals surface area contributed by atoms with Crippen molar-refractivity contribution in [2.45, 2.75) is 33.1 Å². The zero-order valence-electron chi connectivity index (χ0n) is 18.0. The first kappa shape index (κ1) is 21.7. The van der Waals surface area contributed by atoms with Gasteiger partial charge in [0.05, 0.1) is 5.92 Å². The molecule has 1 fully saturated rings. The molecule has 0 atom stereocenters. The molecule has 1 aliphatic rings. The molecule has 1 aliphatic heterocycles. The van der Waals surface area contributed by atoms with Crippen LogP contribution in [0.2, 0.25) is 0 Å². The SMILES string of the molecule is CCc1cc2c(C)cc(=O)oc2cc1OC(=O)C1CCN(C(=O)c2ccc(F)cc2)CC1. The Kier molecular flexibility index (Phi) is 6.08. The van der Waals surface area contributed by atoms with E-state index in [0.717, 1.165) is 16.5 Å². The molecule has 0 N–H and O–H groups in total. The summed E-state index contributed by atoms with van der Waals surface area (Å²) in [4.78, 5) is 38.8. The molecule has 3 aromatic rings. The van der Waals surface area contributed by atoms with Crippen LogP contribution in [0.4, 0.5) is 4.39 Å². The van der Waals surface area contributed by atoms with Crippen LogP contribution < -0.4 is 10.4 Å². The van der Waals surface area contributed by atoms with Crippen LogP contribution in [0.25, 0.3) is 11.0 Å². The maximum Gasteiger partial charge on any atom is 0.336 e. The summed E-state index contributed by atoms with van der Waals surface area (Å²) in [5, 5.41) is 0.814. The third-order valence-electron chi connectivity index (χ3n) is 5.93. The fourth-order valence-corrected chi connectivity index (χ4v) is 4.05. The van der Waals surface area contributed by atoms with Gasteiger partial charge in [-0.25, -0.2) is 9.18 Å². The van der Waals surface area contributed by atoms with Crippen LogP contribution >= 0.6 is 0 Å². The van der Waals surface area contributed by atoms with Crippen LogP contribution in [0.3, 0.4) is 0 Å². The summed E-state index contributed by atoms with van der Waals surface area (Å²) in [5.74, 6) is -0.869. The number of nitrogens with zero attached hydrogens (tertiary/aromatic N) is 1. The Bertz CT molecular complexity index is 1220. The Hall–Kier alpha value is -3.48. The van der Waals surface area contributed by atoms with E-state index < -0.39 is 11.4 Å². The van der Waals surface area contributed by atoms with E-state index in [0.29, 0.717) is 49.2 Å². The van der Waals surface area contributed by atoms with Gasteiger partial charge in [-0.05, 0) is 67.6 Å². The molecule has 6 nitrogen and oxygen atoms in total. The molecular weight excluding hydrogens is 413 g/mol. The summed E-state index contributed by atoms with van der Waals surface area (Å²) in [6.45, 7) is 4.64. The number of aryl methyl sites for hydroxylation is 2. The number of hydrogen-bond donors (Lipinski definition) is 0. The molecule has 0 radical (unpaired) electrons. The summed E-state index contributed by atoms with van der Waals surface area (Å²) >= 11 is 0. The Morgan fingerprint density at radius 1 is 1.12 bits per heavy atom. The number of likely N-dealkylation sites (tertiary alicyclic amines) is 1. The first-order valence-electron chi connectivity index (χ1n) is 10.7. The Morgan fingerprint density at radius 3 is 2.47 bits per heavy atom. The highest BCUT2D eigenvalue weighted by Gasteiger charge is 2.29. The zero-order chi connectivity index (χ0) is 22.8. The smallest absolute Gasteiger partial charge is 0.336 e. The number of carbonyl (C=O) groups is 2. The minimum Gasteiger partial charge on any atom is -0.426 e. The van der Waals surface area contributed by atoms with E-state index in [1.165, 1.54) is 30.3 Å². The summed E-state index contributed by atoms with van der Waals surface area (Å²) in [6, 6.07) is 10.4. The lowest BCUT2D eigenvalue weighted by Gasteiger charge is -2.31. The lowest BCUT2D eigenvalue weighted by Crippen LogP contribution is -2.41. The number of halogens is 1. The minimum atomic E-state index is -0.449. The Balaban J connectivity index is 1.45. The van der Waals surface area contributed by atoms with Crippen LogP contribution in [-0.2, 0) is 11.2 Å². The van der Waals surface area contributed by atoms with E-state index in [-0.39, 0.29) is 17.8 Å². The average Bonchev–Trinajstić information content (AvgIpc) is 2.78. The summed E-state index contributed by atoms with van der Waals surface area (Å²) < 4.78 is 24.1. The number of amides is 1. The van der Waals surface area contributed by atoms with Crippen molar-refractivity contribution in [2.75, 3.05) is 13.1 Å². The standard InChI is InChI=1S/C25H24FNO5/c1-3-16-13-20-15(2)12-23(28)31-22(20)14-21(16)32-25(30)18-8-10-27(11-9-18)24(29)17-4-6-19(26)7-5-17/h4-7,12-14,18H,3,8-11H2,1-2H3. The van der Waals surface area contributed by atoms with E-state index in [4.69, 9.17) is 9.15 Å². The highest BCUT2D eigenvalue weighted by Crippen LogP contribution is 2.29. The van der Waals surface area contributed by atoms with E-state index in [9.17, 15) is 18.8 Å². The first-order chi connectivity index (χ1) is 15.4. The first-order valence-corrected chi connectivity index (χ1v) is 10.7. The van der Waals surface area contributed by atoms with E-state index in [1.807, 2.05) is 19.9 Å². The number of ether oxygens (including phenoxy) is 1. The van der Waals surface area contributed by atoms with Gasteiger partial charge in [-0.1, -0.05) is 6.92 Å². The van der Waals surface area contributed by atoms with Crippen molar-refractivity contribution in [1.29, 1.82) is 0 Å². The van der Waals surface area contributed by atoms with Crippen molar-refractivity contribution >= 4 is 22.8 Å². The van der Waals surface area contributed by atoms with Gasteiger partial charge in [-0.3, -0.25) is 9.59 Å². The summed E-state index contributed by atoms with van der Waals surface area (Å²) in [7, 11) is 0. The molecule has 1 aromatic heterocycles. The lowest BCUT2D eigenvalue weighted by molar-refractivity contribution is -0.140. The molecule has 2 aromatic carbocycles. The summed E-state index contributed by atoms with van der Waals surface area (Å²) in [6.07, 6.45) is 1.62. The second-order valence-electron chi connectivity index (χ2n) is 8.05. The lowest BCUT2D eigenvalue weighted by atomic mass is 9.96. The van der Waals surface area contributed by atoms with Gasteiger partial charge in [0.1, 0.15) is 17.1 Å². The number of rotatable bonds is 4.